The molecule has 1 fully saturated rings. The fourth-order valence-corrected chi connectivity index (χ4v) is 3.26. The number of furan rings is 1. The minimum Gasteiger partial charge on any atom is -0.481 e. The standard InChI is InChI=1S/C18H18F3NO3/c19-18(20,21)14-5-3-12(4-6-14)16(15-2-1-11-25-15)22-9-7-13(8-10-22)17(23)24/h1-6,11,13,16H,7-10H2,(H,23,24). The second-order valence-corrected chi connectivity index (χ2v) is 6.19. The quantitative estimate of drug-likeness (QED) is 0.896. The van der Waals surface area contributed by atoms with Crippen LogP contribution in [0.3, 0.4) is 0 Å². The van der Waals surface area contributed by atoms with Gasteiger partial charge in [-0.1, -0.05) is 12.1 Å². The van der Waals surface area contributed by atoms with Crippen molar-refractivity contribution in [1.29, 1.82) is 0 Å². The molecule has 1 aromatic heterocycles. The molecule has 0 amide bonds. The van der Waals surface area contributed by atoms with Gasteiger partial charge in [-0.05, 0) is 55.8 Å². The van der Waals surface area contributed by atoms with Crippen molar-refractivity contribution in [3.8, 4) is 0 Å². The maximum Gasteiger partial charge on any atom is 0.416 e. The predicted molar refractivity (Wildman–Crippen MR) is 83.9 cm³/mol. The van der Waals surface area contributed by atoms with E-state index in [4.69, 9.17) is 9.52 Å². The van der Waals surface area contributed by atoms with Gasteiger partial charge < -0.3 is 9.52 Å². The number of hydrogen-bond donors (Lipinski definition) is 1. The van der Waals surface area contributed by atoms with Gasteiger partial charge in [0.15, 0.2) is 0 Å². The number of carboxylic acids is 1. The van der Waals surface area contributed by atoms with Crippen molar-refractivity contribution < 1.29 is 27.5 Å². The lowest BCUT2D eigenvalue weighted by molar-refractivity contribution is -0.143. The molecule has 0 saturated carbocycles. The van der Waals surface area contributed by atoms with Gasteiger partial charge in [0.05, 0.1) is 23.8 Å². The molecule has 7 heteroatoms. The van der Waals surface area contributed by atoms with Crippen LogP contribution in [0, 0.1) is 5.92 Å². The third kappa shape index (κ3) is 3.87. The molecular formula is C18H18F3NO3. The van der Waals surface area contributed by atoms with Gasteiger partial charge in [0.1, 0.15) is 5.76 Å². The normalized spacial score (nSPS) is 18.2. The zero-order valence-corrected chi connectivity index (χ0v) is 13.4. The molecule has 1 unspecified atom stereocenters. The van der Waals surface area contributed by atoms with Gasteiger partial charge in [-0.25, -0.2) is 0 Å². The molecule has 0 bridgehead atoms. The molecule has 1 saturated heterocycles. The molecule has 1 N–H and O–H groups in total. The average Bonchev–Trinajstić information content (AvgIpc) is 3.09. The van der Waals surface area contributed by atoms with Crippen molar-refractivity contribution in [2.24, 2.45) is 5.92 Å². The van der Waals surface area contributed by atoms with Gasteiger partial charge in [0, 0.05) is 0 Å². The Kier molecular flexibility index (Phi) is 4.85. The maximum absolute atomic E-state index is 12.8. The summed E-state index contributed by atoms with van der Waals surface area (Å²) in [6.07, 6.45) is -1.84. The monoisotopic (exact) mass is 353 g/mol. The first-order chi connectivity index (χ1) is 11.9. The Morgan fingerprint density at radius 1 is 1.16 bits per heavy atom. The number of alkyl halides is 3. The van der Waals surface area contributed by atoms with Crippen molar-refractivity contribution in [2.45, 2.75) is 25.1 Å². The molecule has 3 rings (SSSR count). The molecule has 1 aliphatic rings. The van der Waals surface area contributed by atoms with E-state index in [1.54, 1.807) is 12.1 Å². The fourth-order valence-electron chi connectivity index (χ4n) is 3.26. The number of rotatable bonds is 4. The molecule has 1 aliphatic heterocycles. The number of carboxylic acid groups (broad SMARTS) is 1. The van der Waals surface area contributed by atoms with Crippen molar-refractivity contribution in [1.82, 2.24) is 4.90 Å². The smallest absolute Gasteiger partial charge is 0.416 e. The number of nitrogens with zero attached hydrogens (tertiary/aromatic N) is 1. The van der Waals surface area contributed by atoms with Crippen LogP contribution in [0.15, 0.2) is 47.1 Å². The molecule has 25 heavy (non-hydrogen) atoms. The molecule has 1 aromatic carbocycles. The lowest BCUT2D eigenvalue weighted by Gasteiger charge is -2.35. The van der Waals surface area contributed by atoms with Gasteiger partial charge in [-0.2, -0.15) is 13.2 Å². The zero-order chi connectivity index (χ0) is 18.0. The highest BCUT2D eigenvalue weighted by Crippen LogP contribution is 2.35. The first-order valence-electron chi connectivity index (χ1n) is 8.03. The minimum atomic E-state index is -4.38. The van der Waals surface area contributed by atoms with Crippen LogP contribution in [-0.2, 0) is 11.0 Å². The Hall–Kier alpha value is -2.28. The van der Waals surface area contributed by atoms with Crippen molar-refractivity contribution in [2.75, 3.05) is 13.1 Å². The van der Waals surface area contributed by atoms with E-state index in [1.165, 1.54) is 18.4 Å². The maximum atomic E-state index is 12.8. The third-order valence-electron chi connectivity index (χ3n) is 4.61. The Bertz CT molecular complexity index is 702. The zero-order valence-electron chi connectivity index (χ0n) is 13.4. The van der Waals surface area contributed by atoms with Crippen LogP contribution >= 0.6 is 0 Å². The van der Waals surface area contributed by atoms with Crippen molar-refractivity contribution in [3.63, 3.8) is 0 Å². The number of halogens is 3. The summed E-state index contributed by atoms with van der Waals surface area (Å²) in [6.45, 7) is 1.09. The Balaban J connectivity index is 1.85. The molecule has 0 aliphatic carbocycles. The van der Waals surface area contributed by atoms with E-state index >= 15 is 0 Å². The molecule has 0 radical (unpaired) electrons. The lowest BCUT2D eigenvalue weighted by Crippen LogP contribution is -2.39. The summed E-state index contributed by atoms with van der Waals surface area (Å²) in [6, 6.07) is 8.23. The summed E-state index contributed by atoms with van der Waals surface area (Å²) in [5, 5.41) is 9.13. The van der Waals surface area contributed by atoms with E-state index in [1.807, 2.05) is 0 Å². The van der Waals surface area contributed by atoms with Crippen LogP contribution in [0.4, 0.5) is 13.2 Å². The number of aliphatic carboxylic acids is 1. The summed E-state index contributed by atoms with van der Waals surface area (Å²) in [5.41, 5.74) is -0.00393. The average molecular weight is 353 g/mol. The van der Waals surface area contributed by atoms with Gasteiger partial charge in [0.25, 0.3) is 0 Å². The fraction of sp³-hybridized carbons (Fsp3) is 0.389. The number of hydrogen-bond acceptors (Lipinski definition) is 3. The second-order valence-electron chi connectivity index (χ2n) is 6.19. The third-order valence-corrected chi connectivity index (χ3v) is 4.61. The number of carbonyl (C=O) groups is 1. The van der Waals surface area contributed by atoms with Crippen LogP contribution in [0.1, 0.15) is 35.8 Å². The van der Waals surface area contributed by atoms with Crippen LogP contribution in [-0.4, -0.2) is 29.1 Å². The number of likely N-dealkylation sites (tertiary alicyclic amines) is 1. The Labute approximate surface area is 142 Å². The highest BCUT2D eigenvalue weighted by molar-refractivity contribution is 5.70. The molecule has 4 nitrogen and oxygen atoms in total. The Morgan fingerprint density at radius 3 is 2.28 bits per heavy atom. The molecule has 0 spiro atoms. The van der Waals surface area contributed by atoms with Crippen LogP contribution < -0.4 is 0 Å². The molecule has 1 atom stereocenters. The molecule has 2 heterocycles. The first kappa shape index (κ1) is 17.5. The lowest BCUT2D eigenvalue weighted by atomic mass is 9.93. The summed E-state index contributed by atoms with van der Waals surface area (Å²) >= 11 is 0. The Morgan fingerprint density at radius 2 is 1.80 bits per heavy atom. The minimum absolute atomic E-state index is 0.327. The van der Waals surface area contributed by atoms with E-state index in [2.05, 4.69) is 4.90 Å². The molecular weight excluding hydrogens is 335 g/mol. The largest absolute Gasteiger partial charge is 0.481 e. The number of piperidine rings is 1. The van der Waals surface area contributed by atoms with Gasteiger partial charge >= 0.3 is 12.1 Å². The van der Waals surface area contributed by atoms with E-state index in [9.17, 15) is 18.0 Å². The summed E-state index contributed by atoms with van der Waals surface area (Å²) in [5.74, 6) is -0.543. The molecule has 134 valence electrons. The SMILES string of the molecule is O=C(O)C1CCN(C(c2ccc(C(F)(F)F)cc2)c2ccco2)CC1. The second kappa shape index (κ2) is 6.92. The van der Waals surface area contributed by atoms with E-state index in [0.717, 1.165) is 12.1 Å². The van der Waals surface area contributed by atoms with Gasteiger partial charge in [-0.3, -0.25) is 9.69 Å². The highest BCUT2D eigenvalue weighted by Gasteiger charge is 2.33. The van der Waals surface area contributed by atoms with Crippen LogP contribution in [0.5, 0.6) is 0 Å². The van der Waals surface area contributed by atoms with E-state index < -0.39 is 17.7 Å². The highest BCUT2D eigenvalue weighted by atomic mass is 19.4. The summed E-state index contributed by atoms with van der Waals surface area (Å²) in [4.78, 5) is 13.2. The molecule has 2 aromatic rings. The van der Waals surface area contributed by atoms with Crippen molar-refractivity contribution in [3.05, 3.63) is 59.5 Å². The van der Waals surface area contributed by atoms with Crippen LogP contribution in [0.2, 0.25) is 0 Å². The topological polar surface area (TPSA) is 53.7 Å². The van der Waals surface area contributed by atoms with E-state index in [-0.39, 0.29) is 12.0 Å². The summed E-state index contributed by atoms with van der Waals surface area (Å²) in [7, 11) is 0. The van der Waals surface area contributed by atoms with Crippen molar-refractivity contribution >= 4 is 5.97 Å². The first-order valence-corrected chi connectivity index (χ1v) is 8.03. The van der Waals surface area contributed by atoms with E-state index in [0.29, 0.717) is 37.3 Å². The van der Waals surface area contributed by atoms with Crippen LogP contribution in [0.25, 0.3) is 0 Å². The number of benzene rings is 1. The van der Waals surface area contributed by atoms with Gasteiger partial charge in [0.2, 0.25) is 0 Å². The summed E-state index contributed by atoms with van der Waals surface area (Å²) < 4.78 is 43.8. The predicted octanol–water partition coefficient (Wildman–Crippen LogP) is 4.18. The van der Waals surface area contributed by atoms with Gasteiger partial charge in [-0.15, -0.1) is 0 Å².